The van der Waals surface area contributed by atoms with Crippen LogP contribution in [0.3, 0.4) is 0 Å². The molecule has 1 amide bonds. The molecule has 2 aromatic rings. The normalized spacial score (nSPS) is 28.2. The van der Waals surface area contributed by atoms with E-state index in [0.29, 0.717) is 11.1 Å². The number of hydrogen-bond acceptors (Lipinski definition) is 8. The van der Waals surface area contributed by atoms with E-state index in [1.807, 2.05) is 45.0 Å². The largest absolute Gasteiger partial charge is 0.507 e. The summed E-state index contributed by atoms with van der Waals surface area (Å²) in [5.41, 5.74) is 5.16. The van der Waals surface area contributed by atoms with Crippen molar-refractivity contribution in [3.8, 4) is 16.9 Å². The molecular weight excluding hydrogens is 514 g/mol. The number of anilines is 1. The van der Waals surface area contributed by atoms with Gasteiger partial charge in [0.1, 0.15) is 5.75 Å². The number of fused-ring (bicyclic) bond motifs is 3. The fraction of sp³-hybridized carbons (Fsp3) is 0.400. The number of aliphatic hydroxyl groups is 1. The molecule has 0 heterocycles. The molecule has 2 unspecified atom stereocenters. The van der Waals surface area contributed by atoms with Gasteiger partial charge in [-0.1, -0.05) is 18.2 Å². The zero-order valence-corrected chi connectivity index (χ0v) is 22.4. The summed E-state index contributed by atoms with van der Waals surface area (Å²) in [4.78, 5) is 69.1. The van der Waals surface area contributed by atoms with Crippen LogP contribution < -0.4 is 11.1 Å². The van der Waals surface area contributed by atoms with Crippen LogP contribution in [0.1, 0.15) is 49.5 Å². The molecule has 0 aliphatic heterocycles. The van der Waals surface area contributed by atoms with Crippen LogP contribution in [0.2, 0.25) is 0 Å². The number of Topliss-reactive ketones (excluding diaryl/α,β-unsaturated/α-hetero) is 4. The van der Waals surface area contributed by atoms with Crippen molar-refractivity contribution in [2.75, 3.05) is 5.32 Å². The summed E-state index contributed by atoms with van der Waals surface area (Å²) in [5, 5.41) is 25.1. The molecule has 5 N–H and O–H groups in total. The number of aromatic hydroxyl groups is 1. The van der Waals surface area contributed by atoms with E-state index in [4.69, 9.17) is 5.73 Å². The Morgan fingerprint density at radius 1 is 1.05 bits per heavy atom. The van der Waals surface area contributed by atoms with Crippen LogP contribution in [0.5, 0.6) is 5.75 Å². The van der Waals surface area contributed by atoms with E-state index in [9.17, 15) is 34.2 Å². The summed E-state index contributed by atoms with van der Waals surface area (Å²) in [7, 11) is 0. The topological polar surface area (TPSA) is 176 Å². The van der Waals surface area contributed by atoms with E-state index in [-0.39, 0.29) is 36.1 Å². The molecular formula is C30H31N3O7. The molecule has 40 heavy (non-hydrogen) atoms. The summed E-state index contributed by atoms with van der Waals surface area (Å²) >= 11 is 0. The van der Waals surface area contributed by atoms with Crippen LogP contribution in [0.4, 0.5) is 5.69 Å². The van der Waals surface area contributed by atoms with Crippen LogP contribution in [0.25, 0.3) is 11.1 Å². The number of nitrogens with zero attached hydrogens (tertiary/aromatic N) is 1. The van der Waals surface area contributed by atoms with Gasteiger partial charge < -0.3 is 21.3 Å². The van der Waals surface area contributed by atoms with Gasteiger partial charge in [0.15, 0.2) is 34.7 Å². The van der Waals surface area contributed by atoms with Crippen molar-refractivity contribution in [1.29, 1.82) is 0 Å². The van der Waals surface area contributed by atoms with E-state index in [1.165, 1.54) is 6.07 Å². The average molecular weight is 546 g/mol. The van der Waals surface area contributed by atoms with Crippen LogP contribution in [-0.4, -0.2) is 56.7 Å². The number of nitrogens with one attached hydrogen (secondary N) is 1. The second-order valence-corrected chi connectivity index (χ2v) is 11.9. The van der Waals surface area contributed by atoms with Crippen LogP contribution in [-0.2, 0) is 25.6 Å². The Morgan fingerprint density at radius 2 is 1.73 bits per heavy atom. The number of hydrogen-bond donors (Lipinski definition) is 4. The van der Waals surface area contributed by atoms with Gasteiger partial charge in [-0.05, 0) is 74.4 Å². The van der Waals surface area contributed by atoms with Crippen molar-refractivity contribution >= 4 is 41.1 Å². The molecule has 3 aliphatic carbocycles. The SMILES string of the molecule is CC(C)(C)N=CNc1ccc(-c2ccc(O)c3c2C[C@H]2C[C@H]4CC(=O)C(C(N)=O)C(=O)[C@@]4(O)C(=O)C2C3=O)cc1. The minimum Gasteiger partial charge on any atom is -0.507 e. The Bertz CT molecular complexity index is 1490. The summed E-state index contributed by atoms with van der Waals surface area (Å²) in [6.07, 6.45) is 1.52. The highest BCUT2D eigenvalue weighted by Gasteiger charge is 2.66. The third kappa shape index (κ3) is 4.32. The zero-order valence-electron chi connectivity index (χ0n) is 22.4. The number of primary amides is 1. The number of ketones is 4. The van der Waals surface area contributed by atoms with E-state index in [1.54, 1.807) is 12.4 Å². The first kappa shape index (κ1) is 27.4. The smallest absolute Gasteiger partial charge is 0.235 e. The number of phenolic OH excluding ortho intramolecular Hbond substituents is 1. The fourth-order valence-electron chi connectivity index (χ4n) is 6.28. The van der Waals surface area contributed by atoms with Gasteiger partial charge in [0.05, 0.1) is 23.4 Å². The molecule has 2 saturated carbocycles. The predicted octanol–water partition coefficient (Wildman–Crippen LogP) is 2.23. The number of carbonyl (C=O) groups excluding carboxylic acids is 5. The number of benzene rings is 2. The number of carbonyl (C=O) groups is 5. The van der Waals surface area contributed by atoms with Gasteiger partial charge in [0.2, 0.25) is 5.91 Å². The Morgan fingerprint density at radius 3 is 2.35 bits per heavy atom. The van der Waals surface area contributed by atoms with Crippen molar-refractivity contribution in [2.45, 2.75) is 51.2 Å². The van der Waals surface area contributed by atoms with E-state index in [2.05, 4.69) is 10.3 Å². The number of rotatable bonds is 4. The Hall–Kier alpha value is -4.18. The van der Waals surface area contributed by atoms with Gasteiger partial charge >= 0.3 is 0 Å². The summed E-state index contributed by atoms with van der Waals surface area (Å²) in [6.45, 7) is 5.95. The average Bonchev–Trinajstić information content (AvgIpc) is 2.86. The molecule has 5 atom stereocenters. The van der Waals surface area contributed by atoms with Gasteiger partial charge in [-0.2, -0.15) is 0 Å². The lowest BCUT2D eigenvalue weighted by molar-refractivity contribution is -0.175. The predicted molar refractivity (Wildman–Crippen MR) is 146 cm³/mol. The highest BCUT2D eigenvalue weighted by molar-refractivity contribution is 6.31. The molecule has 0 spiro atoms. The van der Waals surface area contributed by atoms with Gasteiger partial charge in [-0.3, -0.25) is 29.0 Å². The number of nitrogens with two attached hydrogens (primary N) is 1. The molecule has 0 saturated heterocycles. The Kier molecular flexibility index (Phi) is 6.49. The molecule has 10 heteroatoms. The maximum Gasteiger partial charge on any atom is 0.235 e. The summed E-state index contributed by atoms with van der Waals surface area (Å²) in [6, 6.07) is 10.5. The molecule has 3 aliphatic rings. The molecule has 2 aromatic carbocycles. The summed E-state index contributed by atoms with van der Waals surface area (Å²) < 4.78 is 0. The second-order valence-electron chi connectivity index (χ2n) is 11.9. The lowest BCUT2D eigenvalue weighted by atomic mass is 9.53. The Labute approximate surface area is 230 Å². The van der Waals surface area contributed by atoms with Crippen molar-refractivity contribution in [1.82, 2.24) is 0 Å². The first-order valence-corrected chi connectivity index (χ1v) is 13.2. The van der Waals surface area contributed by atoms with Crippen molar-refractivity contribution in [3.05, 3.63) is 47.5 Å². The van der Waals surface area contributed by atoms with Crippen molar-refractivity contribution in [2.24, 2.45) is 34.4 Å². The molecule has 5 rings (SSSR count). The minimum absolute atomic E-state index is 0.0283. The summed E-state index contributed by atoms with van der Waals surface area (Å²) in [5.74, 6) is -10.2. The monoisotopic (exact) mass is 545 g/mol. The number of aliphatic imine (C=N–C) groups is 1. The highest BCUT2D eigenvalue weighted by atomic mass is 16.3. The maximum atomic E-state index is 13.7. The maximum absolute atomic E-state index is 13.7. The first-order valence-electron chi connectivity index (χ1n) is 13.2. The number of amides is 1. The van der Waals surface area contributed by atoms with Crippen LogP contribution in [0, 0.1) is 23.7 Å². The third-order valence-electron chi connectivity index (χ3n) is 8.16. The highest BCUT2D eigenvalue weighted by Crippen LogP contribution is 2.51. The lowest BCUT2D eigenvalue weighted by Gasteiger charge is -2.48. The van der Waals surface area contributed by atoms with Gasteiger partial charge in [0, 0.05) is 18.0 Å². The molecule has 0 aromatic heterocycles. The van der Waals surface area contributed by atoms with E-state index in [0.717, 1.165) is 11.3 Å². The standard InChI is InChI=1S/C30H31N3O7/c1-29(2,3)33-13-32-17-6-4-14(5-7-17)18-8-9-20(34)23-19(18)11-15-10-16-12-21(35)24(28(31)39)27(38)30(16,40)26(37)22(15)25(23)36/h4-9,13,15-16,22,24,34,40H,10-12H2,1-3H3,(H2,31,39)(H,32,33)/t15-,16+,22?,24?,30+/m1/s1. The van der Waals surface area contributed by atoms with Crippen LogP contribution in [0.15, 0.2) is 41.4 Å². The molecule has 0 bridgehead atoms. The fourth-order valence-corrected chi connectivity index (χ4v) is 6.28. The third-order valence-corrected chi connectivity index (χ3v) is 8.16. The number of phenols is 1. The lowest BCUT2D eigenvalue weighted by Crippen LogP contribution is -2.68. The molecule has 0 radical (unpaired) electrons. The quantitative estimate of drug-likeness (QED) is 0.257. The van der Waals surface area contributed by atoms with Crippen molar-refractivity contribution in [3.63, 3.8) is 0 Å². The molecule has 10 nitrogen and oxygen atoms in total. The molecule has 2 fully saturated rings. The molecule has 208 valence electrons. The first-order chi connectivity index (χ1) is 18.7. The van der Waals surface area contributed by atoms with E-state index >= 15 is 0 Å². The zero-order chi connectivity index (χ0) is 29.1. The van der Waals surface area contributed by atoms with Crippen LogP contribution >= 0.6 is 0 Å². The Balaban J connectivity index is 1.50. The van der Waals surface area contributed by atoms with Crippen molar-refractivity contribution < 1.29 is 34.2 Å². The van der Waals surface area contributed by atoms with E-state index < -0.39 is 58.3 Å². The second kappa shape index (κ2) is 9.48. The van der Waals surface area contributed by atoms with Gasteiger partial charge in [0.25, 0.3) is 0 Å². The van der Waals surface area contributed by atoms with Gasteiger partial charge in [-0.15, -0.1) is 0 Å². The van der Waals surface area contributed by atoms with Gasteiger partial charge in [-0.25, -0.2) is 0 Å². The minimum atomic E-state index is -2.66.